The lowest BCUT2D eigenvalue weighted by Crippen LogP contribution is -2.28. The first-order valence-corrected chi connectivity index (χ1v) is 5.35. The molecule has 0 aliphatic heterocycles. The zero-order valence-corrected chi connectivity index (χ0v) is 9.70. The molecule has 1 unspecified atom stereocenters. The van der Waals surface area contributed by atoms with E-state index in [-0.39, 0.29) is 11.7 Å². The number of hydrogen-bond donors (Lipinski definition) is 2. The zero-order valence-electron chi connectivity index (χ0n) is 8.94. The Balaban J connectivity index is 2.72. The van der Waals surface area contributed by atoms with Crippen molar-refractivity contribution < 1.29 is 4.92 Å². The van der Waals surface area contributed by atoms with Gasteiger partial charge in [-0.05, 0) is 12.5 Å². The third-order valence-electron chi connectivity index (χ3n) is 2.24. The first kappa shape index (κ1) is 12.7. The third kappa shape index (κ3) is 3.36. The van der Waals surface area contributed by atoms with E-state index < -0.39 is 4.92 Å². The Labute approximate surface area is 98.7 Å². The minimum atomic E-state index is -0.479. The van der Waals surface area contributed by atoms with Gasteiger partial charge in [0.1, 0.15) is 0 Å². The van der Waals surface area contributed by atoms with Gasteiger partial charge in [-0.3, -0.25) is 10.1 Å². The van der Waals surface area contributed by atoms with Crippen LogP contribution in [0, 0.1) is 10.1 Å². The van der Waals surface area contributed by atoms with E-state index in [0.29, 0.717) is 17.3 Å². The molecule has 1 rings (SSSR count). The van der Waals surface area contributed by atoms with E-state index in [0.717, 1.165) is 6.42 Å². The quantitative estimate of drug-likeness (QED) is 0.615. The number of nitrogens with two attached hydrogens (primary N) is 1. The van der Waals surface area contributed by atoms with Gasteiger partial charge in [-0.2, -0.15) is 0 Å². The maximum absolute atomic E-state index is 10.5. The first-order chi connectivity index (χ1) is 7.54. The largest absolute Gasteiger partial charge is 0.382 e. The van der Waals surface area contributed by atoms with Gasteiger partial charge in [0.25, 0.3) is 5.69 Å². The number of nitrogens with one attached hydrogen (secondary N) is 1. The number of nitro groups is 1. The smallest absolute Gasteiger partial charge is 0.271 e. The summed E-state index contributed by atoms with van der Waals surface area (Å²) < 4.78 is 0. The SMILES string of the molecule is CCC(N)CNc1ccc([N+](=O)[O-])cc1Cl. The number of benzene rings is 1. The Morgan fingerprint density at radius 1 is 1.62 bits per heavy atom. The molecular formula is C10H14ClN3O2. The maximum Gasteiger partial charge on any atom is 0.271 e. The second kappa shape index (κ2) is 5.67. The lowest BCUT2D eigenvalue weighted by Gasteiger charge is -2.12. The van der Waals surface area contributed by atoms with Crippen LogP contribution >= 0.6 is 11.6 Å². The molecule has 0 aliphatic carbocycles. The predicted molar refractivity (Wildman–Crippen MR) is 64.9 cm³/mol. The van der Waals surface area contributed by atoms with Gasteiger partial charge < -0.3 is 11.1 Å². The van der Waals surface area contributed by atoms with E-state index in [1.165, 1.54) is 12.1 Å². The molecule has 0 aliphatic rings. The van der Waals surface area contributed by atoms with Gasteiger partial charge in [-0.15, -0.1) is 0 Å². The molecule has 1 atom stereocenters. The van der Waals surface area contributed by atoms with Gasteiger partial charge in [0, 0.05) is 24.7 Å². The minimum absolute atomic E-state index is 0.0182. The molecule has 0 spiro atoms. The standard InChI is InChI=1S/C10H14ClN3O2/c1-2-7(12)6-13-10-4-3-8(14(15)16)5-9(10)11/h3-5,7,13H,2,6,12H2,1H3. The molecule has 3 N–H and O–H groups in total. The molecule has 0 amide bonds. The van der Waals surface area contributed by atoms with Crippen molar-refractivity contribution in [3.05, 3.63) is 33.3 Å². The molecule has 0 fully saturated rings. The van der Waals surface area contributed by atoms with Crippen LogP contribution < -0.4 is 11.1 Å². The highest BCUT2D eigenvalue weighted by Crippen LogP contribution is 2.26. The maximum atomic E-state index is 10.5. The molecule has 0 bridgehead atoms. The Morgan fingerprint density at radius 3 is 2.81 bits per heavy atom. The summed E-state index contributed by atoms with van der Waals surface area (Å²) in [6.45, 7) is 2.58. The summed E-state index contributed by atoms with van der Waals surface area (Å²) in [6.07, 6.45) is 0.859. The third-order valence-corrected chi connectivity index (χ3v) is 2.56. The van der Waals surface area contributed by atoms with Gasteiger partial charge >= 0.3 is 0 Å². The average molecular weight is 244 g/mol. The predicted octanol–water partition coefficient (Wildman–Crippen LogP) is 2.40. The van der Waals surface area contributed by atoms with Gasteiger partial charge in [-0.25, -0.2) is 0 Å². The van der Waals surface area contributed by atoms with Crippen molar-refractivity contribution in [2.45, 2.75) is 19.4 Å². The van der Waals surface area contributed by atoms with Crippen LogP contribution in [0.15, 0.2) is 18.2 Å². The van der Waals surface area contributed by atoms with Gasteiger partial charge in [0.15, 0.2) is 0 Å². The molecule has 0 saturated heterocycles. The molecule has 1 aromatic carbocycles. The minimum Gasteiger partial charge on any atom is -0.382 e. The van der Waals surface area contributed by atoms with Crippen LogP contribution in [0.4, 0.5) is 11.4 Å². The average Bonchev–Trinajstić information content (AvgIpc) is 2.26. The summed E-state index contributed by atoms with van der Waals surface area (Å²) in [5.74, 6) is 0. The van der Waals surface area contributed by atoms with Crippen LogP contribution in [0.3, 0.4) is 0 Å². The highest BCUT2D eigenvalue weighted by Gasteiger charge is 2.09. The summed E-state index contributed by atoms with van der Waals surface area (Å²) >= 11 is 5.89. The second-order valence-electron chi connectivity index (χ2n) is 3.47. The Bertz CT molecular complexity index is 384. The summed E-state index contributed by atoms with van der Waals surface area (Å²) in [5, 5.41) is 13.9. The van der Waals surface area contributed by atoms with Crippen LogP contribution in [0.25, 0.3) is 0 Å². The van der Waals surface area contributed by atoms with Gasteiger partial charge in [-0.1, -0.05) is 18.5 Å². The molecular weight excluding hydrogens is 230 g/mol. The van der Waals surface area contributed by atoms with Crippen molar-refractivity contribution in [3.63, 3.8) is 0 Å². The monoisotopic (exact) mass is 243 g/mol. The lowest BCUT2D eigenvalue weighted by molar-refractivity contribution is -0.384. The van der Waals surface area contributed by atoms with Crippen molar-refractivity contribution in [2.75, 3.05) is 11.9 Å². The summed E-state index contributed by atoms with van der Waals surface area (Å²) in [7, 11) is 0. The molecule has 6 heteroatoms. The fourth-order valence-electron chi connectivity index (χ4n) is 1.15. The normalized spacial score (nSPS) is 12.2. The van der Waals surface area contributed by atoms with E-state index in [4.69, 9.17) is 17.3 Å². The number of non-ortho nitro benzene ring substituents is 1. The molecule has 0 heterocycles. The zero-order chi connectivity index (χ0) is 12.1. The Hall–Kier alpha value is -1.33. The van der Waals surface area contributed by atoms with Gasteiger partial charge in [0.05, 0.1) is 15.6 Å². The lowest BCUT2D eigenvalue weighted by atomic mass is 10.2. The molecule has 88 valence electrons. The molecule has 1 aromatic rings. The van der Waals surface area contributed by atoms with Crippen LogP contribution in [-0.2, 0) is 0 Å². The van der Waals surface area contributed by atoms with Crippen LogP contribution in [0.5, 0.6) is 0 Å². The topological polar surface area (TPSA) is 81.2 Å². The number of nitrogens with zero attached hydrogens (tertiary/aromatic N) is 1. The second-order valence-corrected chi connectivity index (χ2v) is 3.88. The number of anilines is 1. The molecule has 0 saturated carbocycles. The number of nitro benzene ring substituents is 1. The fraction of sp³-hybridized carbons (Fsp3) is 0.400. The van der Waals surface area contributed by atoms with Crippen LogP contribution in [0.1, 0.15) is 13.3 Å². The van der Waals surface area contributed by atoms with E-state index in [2.05, 4.69) is 5.32 Å². The van der Waals surface area contributed by atoms with Crippen LogP contribution in [-0.4, -0.2) is 17.5 Å². The molecule has 5 nitrogen and oxygen atoms in total. The van der Waals surface area contributed by atoms with Crippen molar-refractivity contribution in [1.29, 1.82) is 0 Å². The summed E-state index contributed by atoms with van der Waals surface area (Å²) in [6, 6.07) is 4.36. The van der Waals surface area contributed by atoms with E-state index in [9.17, 15) is 10.1 Å². The highest BCUT2D eigenvalue weighted by atomic mass is 35.5. The Kier molecular flexibility index (Phi) is 4.52. The summed E-state index contributed by atoms with van der Waals surface area (Å²) in [4.78, 5) is 10.0. The fourth-order valence-corrected chi connectivity index (χ4v) is 1.39. The number of rotatable bonds is 5. The van der Waals surface area contributed by atoms with Crippen molar-refractivity contribution in [2.24, 2.45) is 5.73 Å². The molecule has 16 heavy (non-hydrogen) atoms. The molecule has 0 aromatic heterocycles. The van der Waals surface area contributed by atoms with Crippen molar-refractivity contribution in [3.8, 4) is 0 Å². The summed E-state index contributed by atoms with van der Waals surface area (Å²) in [5.41, 5.74) is 6.38. The van der Waals surface area contributed by atoms with Crippen molar-refractivity contribution in [1.82, 2.24) is 0 Å². The number of halogens is 1. The Morgan fingerprint density at radius 2 is 2.31 bits per heavy atom. The first-order valence-electron chi connectivity index (χ1n) is 4.98. The highest BCUT2D eigenvalue weighted by molar-refractivity contribution is 6.33. The van der Waals surface area contributed by atoms with Gasteiger partial charge in [0.2, 0.25) is 0 Å². The molecule has 0 radical (unpaired) electrons. The van der Waals surface area contributed by atoms with E-state index in [1.807, 2.05) is 6.92 Å². The van der Waals surface area contributed by atoms with Crippen molar-refractivity contribution >= 4 is 23.0 Å². The van der Waals surface area contributed by atoms with E-state index >= 15 is 0 Å². The van der Waals surface area contributed by atoms with Crippen LogP contribution in [0.2, 0.25) is 5.02 Å². The number of hydrogen-bond acceptors (Lipinski definition) is 4. The van der Waals surface area contributed by atoms with E-state index in [1.54, 1.807) is 6.07 Å².